The lowest BCUT2D eigenvalue weighted by molar-refractivity contribution is -0.130. The number of likely N-dealkylation sites (N-methyl/N-ethyl adjacent to an activating group) is 1. The Hall–Kier alpha value is -2.19. The first-order valence-electron chi connectivity index (χ1n) is 7.27. The summed E-state index contributed by atoms with van der Waals surface area (Å²) in [7, 11) is 1.61. The maximum Gasteiger partial charge on any atom is 0.409 e. The van der Waals surface area contributed by atoms with Crippen LogP contribution in [0.4, 0.5) is 10.6 Å². The lowest BCUT2D eigenvalue weighted by Gasteiger charge is -2.48. The first kappa shape index (κ1) is 15.7. The summed E-state index contributed by atoms with van der Waals surface area (Å²) in [6, 6.07) is 3.95. The van der Waals surface area contributed by atoms with Crippen LogP contribution >= 0.6 is 11.3 Å². The number of aromatic nitrogens is 1. The van der Waals surface area contributed by atoms with Crippen LogP contribution in [0, 0.1) is 0 Å². The normalized spacial score (nSPS) is 21.7. The monoisotopic (exact) mass is 334 g/mol. The van der Waals surface area contributed by atoms with E-state index >= 15 is 0 Å². The van der Waals surface area contributed by atoms with E-state index in [0.29, 0.717) is 6.54 Å². The van der Waals surface area contributed by atoms with E-state index in [1.807, 2.05) is 22.4 Å². The molecule has 23 heavy (non-hydrogen) atoms. The van der Waals surface area contributed by atoms with Crippen LogP contribution in [0.2, 0.25) is 0 Å². The van der Waals surface area contributed by atoms with Crippen LogP contribution in [0.5, 0.6) is 0 Å². The molecule has 0 radical (unpaired) electrons. The van der Waals surface area contributed by atoms with E-state index in [-0.39, 0.29) is 18.9 Å². The topological polar surface area (TPSA) is 85.8 Å². The van der Waals surface area contributed by atoms with Crippen molar-refractivity contribution >= 4 is 39.1 Å². The number of fused-ring (bicyclic) bond motifs is 1. The average molecular weight is 334 g/mol. The number of nitrogens with zero attached hydrogens (tertiary/aromatic N) is 3. The maximum absolute atomic E-state index is 12.2. The summed E-state index contributed by atoms with van der Waals surface area (Å²) in [6.45, 7) is 2.37. The third-order valence-corrected chi connectivity index (χ3v) is 5.24. The number of rotatable bonds is 3. The van der Waals surface area contributed by atoms with Gasteiger partial charge >= 0.3 is 6.09 Å². The van der Waals surface area contributed by atoms with Gasteiger partial charge in [0.05, 0.1) is 6.54 Å². The van der Waals surface area contributed by atoms with Crippen LogP contribution in [0.15, 0.2) is 23.7 Å². The number of amides is 1. The Morgan fingerprint density at radius 3 is 2.83 bits per heavy atom. The zero-order chi connectivity index (χ0) is 16.6. The molecule has 0 saturated carbocycles. The van der Waals surface area contributed by atoms with Crippen LogP contribution in [-0.4, -0.2) is 59.2 Å². The molecule has 1 unspecified atom stereocenters. The summed E-state index contributed by atoms with van der Waals surface area (Å²) in [5.41, 5.74) is -1.26. The molecular formula is C15H18N4O3S. The quantitative estimate of drug-likeness (QED) is 0.887. The highest BCUT2D eigenvalue weighted by Crippen LogP contribution is 2.31. The number of hydrogen-bond acceptors (Lipinski definition) is 6. The van der Waals surface area contributed by atoms with Crippen LogP contribution < -0.4 is 10.2 Å². The summed E-state index contributed by atoms with van der Waals surface area (Å²) in [4.78, 5) is 31.4. The van der Waals surface area contributed by atoms with Crippen molar-refractivity contribution in [1.82, 2.24) is 15.2 Å². The Morgan fingerprint density at radius 2 is 2.17 bits per heavy atom. The van der Waals surface area contributed by atoms with Crippen LogP contribution in [0.3, 0.4) is 0 Å². The highest BCUT2D eigenvalue weighted by Gasteiger charge is 2.47. The van der Waals surface area contributed by atoms with Gasteiger partial charge < -0.3 is 10.0 Å². The lowest BCUT2D eigenvalue weighted by Crippen LogP contribution is -2.73. The molecular weight excluding hydrogens is 316 g/mol. The molecule has 1 saturated heterocycles. The van der Waals surface area contributed by atoms with Gasteiger partial charge in [0.2, 0.25) is 0 Å². The van der Waals surface area contributed by atoms with E-state index in [1.54, 1.807) is 24.6 Å². The van der Waals surface area contributed by atoms with Crippen LogP contribution in [0.25, 0.3) is 10.1 Å². The number of carboxylic acid groups (broad SMARTS) is 1. The number of Topliss-reactive ketones (excluding diaryl/α,β-unsaturated/α-hetero) is 1. The van der Waals surface area contributed by atoms with E-state index in [4.69, 9.17) is 0 Å². The van der Waals surface area contributed by atoms with Gasteiger partial charge in [-0.25, -0.2) is 9.78 Å². The summed E-state index contributed by atoms with van der Waals surface area (Å²) >= 11 is 1.63. The van der Waals surface area contributed by atoms with Crippen molar-refractivity contribution in [3.8, 4) is 0 Å². The maximum atomic E-state index is 12.2. The molecule has 1 fully saturated rings. The molecule has 0 aliphatic carbocycles. The summed E-state index contributed by atoms with van der Waals surface area (Å²) in [6.07, 6.45) is 0.642. The van der Waals surface area contributed by atoms with Crippen molar-refractivity contribution in [1.29, 1.82) is 0 Å². The Morgan fingerprint density at radius 1 is 1.39 bits per heavy atom. The van der Waals surface area contributed by atoms with Crippen molar-refractivity contribution in [3.05, 3.63) is 23.7 Å². The van der Waals surface area contributed by atoms with Gasteiger partial charge in [0, 0.05) is 29.4 Å². The SMILES string of the molecule is CNC1(C(C)=O)CN(c2nccc3sccc23)CCN1C(=O)O. The Kier molecular flexibility index (Phi) is 3.95. The fourth-order valence-corrected chi connectivity index (χ4v) is 3.89. The molecule has 7 nitrogen and oxygen atoms in total. The minimum absolute atomic E-state index is 0.229. The standard InChI is InChI=1S/C15H18N4O3S/c1-10(20)15(16-2)9-18(6-7-19(15)14(21)22)13-11-4-8-23-12(11)3-5-17-13/h3-5,8,16H,6-7,9H2,1-2H3,(H,21,22). The number of pyridine rings is 1. The third-order valence-electron chi connectivity index (χ3n) is 4.36. The van der Waals surface area contributed by atoms with Gasteiger partial charge in [0.1, 0.15) is 5.82 Å². The lowest BCUT2D eigenvalue weighted by atomic mass is 9.99. The first-order chi connectivity index (χ1) is 11.0. The number of piperazine rings is 1. The largest absolute Gasteiger partial charge is 0.465 e. The number of anilines is 1. The second kappa shape index (κ2) is 5.78. The van der Waals surface area contributed by atoms with Crippen molar-refractivity contribution in [3.63, 3.8) is 0 Å². The fourth-order valence-electron chi connectivity index (χ4n) is 3.12. The van der Waals surface area contributed by atoms with Crippen molar-refractivity contribution in [2.24, 2.45) is 0 Å². The smallest absolute Gasteiger partial charge is 0.409 e. The molecule has 0 spiro atoms. The second-order valence-electron chi connectivity index (χ2n) is 5.49. The summed E-state index contributed by atoms with van der Waals surface area (Å²) in [5.74, 6) is 0.555. The molecule has 2 aromatic heterocycles. The molecule has 0 bridgehead atoms. The summed E-state index contributed by atoms with van der Waals surface area (Å²) in [5, 5.41) is 15.4. The molecule has 2 aromatic rings. The molecule has 8 heteroatoms. The molecule has 3 heterocycles. The van der Waals surface area contributed by atoms with Crippen molar-refractivity contribution in [2.75, 3.05) is 31.6 Å². The predicted molar refractivity (Wildman–Crippen MR) is 89.0 cm³/mol. The molecule has 3 rings (SSSR count). The minimum atomic E-state index is -1.26. The highest BCUT2D eigenvalue weighted by atomic mass is 32.1. The Bertz CT molecular complexity index is 762. The van der Waals surface area contributed by atoms with E-state index in [0.717, 1.165) is 15.9 Å². The number of carbonyl (C=O) groups excluding carboxylic acids is 1. The van der Waals surface area contributed by atoms with Gasteiger partial charge in [0.25, 0.3) is 0 Å². The number of thiophene rings is 1. The van der Waals surface area contributed by atoms with Crippen LogP contribution in [0.1, 0.15) is 6.92 Å². The number of carbonyl (C=O) groups is 2. The van der Waals surface area contributed by atoms with Gasteiger partial charge in [-0.15, -0.1) is 11.3 Å². The molecule has 0 aromatic carbocycles. The van der Waals surface area contributed by atoms with E-state index in [2.05, 4.69) is 10.3 Å². The number of nitrogens with one attached hydrogen (secondary N) is 1. The fraction of sp³-hybridized carbons (Fsp3) is 0.400. The number of ketones is 1. The average Bonchev–Trinajstić information content (AvgIpc) is 3.02. The van der Waals surface area contributed by atoms with Gasteiger partial charge in [-0.3, -0.25) is 15.0 Å². The van der Waals surface area contributed by atoms with E-state index in [1.165, 1.54) is 11.8 Å². The Labute approximate surface area is 137 Å². The molecule has 1 amide bonds. The number of hydrogen-bond donors (Lipinski definition) is 2. The predicted octanol–water partition coefficient (Wildman–Crippen LogP) is 1.60. The van der Waals surface area contributed by atoms with Gasteiger partial charge in [0.15, 0.2) is 11.4 Å². The molecule has 122 valence electrons. The molecule has 1 aliphatic heterocycles. The van der Waals surface area contributed by atoms with Gasteiger partial charge in [-0.1, -0.05) is 0 Å². The minimum Gasteiger partial charge on any atom is -0.465 e. The highest BCUT2D eigenvalue weighted by molar-refractivity contribution is 7.17. The third kappa shape index (κ3) is 2.43. The second-order valence-corrected chi connectivity index (χ2v) is 6.44. The summed E-state index contributed by atoms with van der Waals surface area (Å²) < 4.78 is 1.12. The molecule has 2 N–H and O–H groups in total. The van der Waals surface area contributed by atoms with E-state index in [9.17, 15) is 14.7 Å². The van der Waals surface area contributed by atoms with Crippen molar-refractivity contribution < 1.29 is 14.7 Å². The van der Waals surface area contributed by atoms with Crippen LogP contribution in [-0.2, 0) is 4.79 Å². The van der Waals surface area contributed by atoms with Crippen molar-refractivity contribution in [2.45, 2.75) is 12.6 Å². The van der Waals surface area contributed by atoms with E-state index < -0.39 is 11.8 Å². The zero-order valence-corrected chi connectivity index (χ0v) is 13.8. The zero-order valence-electron chi connectivity index (χ0n) is 12.9. The molecule has 1 aliphatic rings. The molecule has 1 atom stereocenters. The Balaban J connectivity index is 2.02. The van der Waals surface area contributed by atoms with Gasteiger partial charge in [-0.05, 0) is 31.5 Å². The first-order valence-corrected chi connectivity index (χ1v) is 8.15. The van der Waals surface area contributed by atoms with Gasteiger partial charge in [-0.2, -0.15) is 0 Å².